The molecule has 5 heteroatoms. The Balaban J connectivity index is 4.68. The zero-order chi connectivity index (χ0) is 11.1. The number of hydroxylamine groups is 2. The number of nitrogens with two attached hydrogens (primary N) is 1. The molecule has 0 aromatic rings. The molecule has 1 unspecified atom stereocenters. The lowest BCUT2D eigenvalue weighted by molar-refractivity contribution is -0.110. The Hall–Kier alpha value is -1.22. The van der Waals surface area contributed by atoms with Gasteiger partial charge in [-0.05, 0) is 19.4 Å². The fraction of sp³-hybridized carbons (Fsp3) is 0.556. The number of nitrogens with zero attached hydrogens (tertiary/aromatic N) is 2. The van der Waals surface area contributed by atoms with Crippen LogP contribution in [0.4, 0.5) is 0 Å². The summed E-state index contributed by atoms with van der Waals surface area (Å²) in [4.78, 5) is 10.5. The quantitative estimate of drug-likeness (QED) is 0.281. The van der Waals surface area contributed by atoms with E-state index >= 15 is 0 Å². The standard InChI is InChI=1S/C9H15N3O2/c1-7(9(5-11)6-13)8(2)12(14)4-3-10/h6,8,14H,3-4,10H2,1-2H3/b9-7-. The van der Waals surface area contributed by atoms with E-state index in [2.05, 4.69) is 0 Å². The number of nitriles is 1. The Labute approximate surface area is 83.4 Å². The van der Waals surface area contributed by atoms with Crippen molar-refractivity contribution >= 4 is 6.29 Å². The van der Waals surface area contributed by atoms with E-state index in [1.54, 1.807) is 19.9 Å². The Kier molecular flexibility index (Phi) is 5.72. The highest BCUT2D eigenvalue weighted by Crippen LogP contribution is 2.10. The maximum atomic E-state index is 10.5. The SMILES string of the molecule is C/C(=C(\C#N)C=O)C(C)N(O)CCN. The van der Waals surface area contributed by atoms with Gasteiger partial charge < -0.3 is 10.9 Å². The van der Waals surface area contributed by atoms with Gasteiger partial charge in [-0.25, -0.2) is 0 Å². The Morgan fingerprint density at radius 2 is 2.36 bits per heavy atom. The first-order valence-corrected chi connectivity index (χ1v) is 4.30. The number of rotatable bonds is 5. The van der Waals surface area contributed by atoms with Crippen LogP contribution in [0.15, 0.2) is 11.1 Å². The molecule has 0 aliphatic heterocycles. The number of aldehydes is 1. The van der Waals surface area contributed by atoms with Gasteiger partial charge in [0.2, 0.25) is 0 Å². The Morgan fingerprint density at radius 1 is 1.79 bits per heavy atom. The van der Waals surface area contributed by atoms with Crippen molar-refractivity contribution in [2.45, 2.75) is 19.9 Å². The molecule has 3 N–H and O–H groups in total. The molecule has 78 valence electrons. The minimum atomic E-state index is -0.376. The van der Waals surface area contributed by atoms with Gasteiger partial charge in [0.15, 0.2) is 6.29 Å². The summed E-state index contributed by atoms with van der Waals surface area (Å²) in [5.74, 6) is 0. The van der Waals surface area contributed by atoms with E-state index in [9.17, 15) is 10.0 Å². The van der Waals surface area contributed by atoms with Crippen molar-refractivity contribution in [2.75, 3.05) is 13.1 Å². The minimum absolute atomic E-state index is 0.0496. The number of allylic oxidation sites excluding steroid dienone is 1. The summed E-state index contributed by atoms with van der Waals surface area (Å²) in [7, 11) is 0. The zero-order valence-electron chi connectivity index (χ0n) is 8.40. The normalized spacial score (nSPS) is 14.6. The van der Waals surface area contributed by atoms with Crippen molar-refractivity contribution in [1.82, 2.24) is 5.06 Å². The lowest BCUT2D eigenvalue weighted by atomic mass is 10.1. The van der Waals surface area contributed by atoms with Crippen LogP contribution in [0.25, 0.3) is 0 Å². The molecule has 1 atom stereocenters. The molecule has 5 nitrogen and oxygen atoms in total. The number of carbonyl (C=O) groups excluding carboxylic acids is 1. The largest absolute Gasteiger partial charge is 0.329 e. The average Bonchev–Trinajstić information content (AvgIpc) is 2.18. The van der Waals surface area contributed by atoms with Crippen molar-refractivity contribution in [3.8, 4) is 6.07 Å². The van der Waals surface area contributed by atoms with E-state index < -0.39 is 0 Å². The molecule has 0 amide bonds. The monoisotopic (exact) mass is 197 g/mol. The molecule has 14 heavy (non-hydrogen) atoms. The van der Waals surface area contributed by atoms with Crippen LogP contribution in [0.3, 0.4) is 0 Å². The summed E-state index contributed by atoms with van der Waals surface area (Å²) in [6.07, 6.45) is 0.488. The highest BCUT2D eigenvalue weighted by atomic mass is 16.5. The molecular formula is C9H15N3O2. The van der Waals surface area contributed by atoms with Gasteiger partial charge in [0.25, 0.3) is 0 Å². The van der Waals surface area contributed by atoms with Crippen LogP contribution < -0.4 is 5.73 Å². The summed E-state index contributed by atoms with van der Waals surface area (Å²) in [5.41, 5.74) is 5.85. The second-order valence-corrected chi connectivity index (χ2v) is 2.95. The van der Waals surface area contributed by atoms with Gasteiger partial charge in [0.1, 0.15) is 6.07 Å². The molecule has 0 heterocycles. The summed E-state index contributed by atoms with van der Waals surface area (Å²) in [6.45, 7) is 3.95. The second-order valence-electron chi connectivity index (χ2n) is 2.95. The smallest absolute Gasteiger partial charge is 0.160 e. The van der Waals surface area contributed by atoms with Gasteiger partial charge in [-0.2, -0.15) is 10.3 Å². The van der Waals surface area contributed by atoms with Crippen molar-refractivity contribution in [2.24, 2.45) is 5.73 Å². The highest BCUT2D eigenvalue weighted by Gasteiger charge is 2.15. The minimum Gasteiger partial charge on any atom is -0.329 e. The number of carbonyl (C=O) groups is 1. The predicted octanol–water partition coefficient (Wildman–Crippen LogP) is 0.0638. The van der Waals surface area contributed by atoms with Crippen LogP contribution in [0, 0.1) is 11.3 Å². The molecule has 0 saturated heterocycles. The van der Waals surface area contributed by atoms with Crippen molar-refractivity contribution in [1.29, 1.82) is 5.26 Å². The Morgan fingerprint density at radius 3 is 2.71 bits per heavy atom. The molecule has 0 aliphatic carbocycles. The van der Waals surface area contributed by atoms with Crippen LogP contribution in [-0.4, -0.2) is 35.7 Å². The van der Waals surface area contributed by atoms with Crippen molar-refractivity contribution < 1.29 is 10.0 Å². The topological polar surface area (TPSA) is 90.3 Å². The summed E-state index contributed by atoms with van der Waals surface area (Å²) in [5, 5.41) is 19.0. The van der Waals surface area contributed by atoms with E-state index in [1.165, 1.54) is 0 Å². The molecule has 0 aromatic heterocycles. The molecule has 0 radical (unpaired) electrons. The molecule has 0 bridgehead atoms. The molecule has 0 fully saturated rings. The van der Waals surface area contributed by atoms with Crippen LogP contribution in [0.5, 0.6) is 0 Å². The third kappa shape index (κ3) is 3.26. The first-order valence-electron chi connectivity index (χ1n) is 4.30. The predicted molar refractivity (Wildman–Crippen MR) is 51.4 cm³/mol. The first-order chi connectivity index (χ1) is 6.58. The molecular weight excluding hydrogens is 182 g/mol. The Bertz CT molecular complexity index is 268. The van der Waals surface area contributed by atoms with Gasteiger partial charge in [-0.1, -0.05) is 0 Å². The summed E-state index contributed by atoms with van der Waals surface area (Å²) < 4.78 is 0. The van der Waals surface area contributed by atoms with Crippen molar-refractivity contribution in [3.63, 3.8) is 0 Å². The van der Waals surface area contributed by atoms with Crippen LogP contribution in [-0.2, 0) is 4.79 Å². The molecule has 0 aliphatic rings. The number of hydrogen-bond donors (Lipinski definition) is 2. The summed E-state index contributed by atoms with van der Waals surface area (Å²) >= 11 is 0. The maximum Gasteiger partial charge on any atom is 0.160 e. The maximum absolute atomic E-state index is 10.5. The van der Waals surface area contributed by atoms with E-state index in [1.807, 2.05) is 0 Å². The van der Waals surface area contributed by atoms with Crippen LogP contribution >= 0.6 is 0 Å². The van der Waals surface area contributed by atoms with E-state index in [0.29, 0.717) is 24.9 Å². The molecule has 0 aromatic carbocycles. The van der Waals surface area contributed by atoms with Gasteiger partial charge in [-0.15, -0.1) is 0 Å². The van der Waals surface area contributed by atoms with E-state index in [4.69, 9.17) is 11.0 Å². The van der Waals surface area contributed by atoms with Gasteiger partial charge in [0.05, 0.1) is 11.6 Å². The fourth-order valence-electron chi connectivity index (χ4n) is 0.982. The lowest BCUT2D eigenvalue weighted by Gasteiger charge is -2.22. The molecule has 0 spiro atoms. The zero-order valence-corrected chi connectivity index (χ0v) is 8.40. The number of hydrogen-bond acceptors (Lipinski definition) is 5. The van der Waals surface area contributed by atoms with Gasteiger partial charge in [0, 0.05) is 13.1 Å². The highest BCUT2D eigenvalue weighted by molar-refractivity contribution is 5.80. The molecule has 0 rings (SSSR count). The van der Waals surface area contributed by atoms with E-state index in [0.717, 1.165) is 5.06 Å². The molecule has 0 saturated carbocycles. The fourth-order valence-corrected chi connectivity index (χ4v) is 0.982. The lowest BCUT2D eigenvalue weighted by Crippen LogP contribution is -2.35. The van der Waals surface area contributed by atoms with Gasteiger partial charge >= 0.3 is 0 Å². The first kappa shape index (κ1) is 12.8. The van der Waals surface area contributed by atoms with Gasteiger partial charge in [-0.3, -0.25) is 4.79 Å². The van der Waals surface area contributed by atoms with Crippen molar-refractivity contribution in [3.05, 3.63) is 11.1 Å². The summed E-state index contributed by atoms with van der Waals surface area (Å²) in [6, 6.07) is 1.40. The third-order valence-electron chi connectivity index (χ3n) is 2.10. The van der Waals surface area contributed by atoms with E-state index in [-0.39, 0.29) is 11.6 Å². The average molecular weight is 197 g/mol. The second kappa shape index (κ2) is 6.27. The van der Waals surface area contributed by atoms with Crippen LogP contribution in [0.2, 0.25) is 0 Å². The third-order valence-corrected chi connectivity index (χ3v) is 2.10. The van der Waals surface area contributed by atoms with Crippen LogP contribution in [0.1, 0.15) is 13.8 Å².